The molecule has 0 radical (unpaired) electrons. The predicted molar refractivity (Wildman–Crippen MR) is 60.8 cm³/mol. The van der Waals surface area contributed by atoms with Crippen LogP contribution >= 0.6 is 23.2 Å². The van der Waals surface area contributed by atoms with Crippen LogP contribution in [0, 0.1) is 0 Å². The predicted octanol–water partition coefficient (Wildman–Crippen LogP) is 1.85. The highest BCUT2D eigenvalue weighted by atomic mass is 35.5. The van der Waals surface area contributed by atoms with Crippen molar-refractivity contribution in [2.24, 2.45) is 10.8 Å². The van der Waals surface area contributed by atoms with E-state index in [1.165, 1.54) is 0 Å². The largest absolute Gasteiger partial charge is 0.325 e. The van der Waals surface area contributed by atoms with Crippen LogP contribution in [0.25, 0.3) is 0 Å². The SMILES string of the molecule is CN=C(NN)Nc1ccc(Cl)c(Cl)c1. The molecule has 0 aliphatic heterocycles. The van der Waals surface area contributed by atoms with Gasteiger partial charge in [0.1, 0.15) is 0 Å². The van der Waals surface area contributed by atoms with E-state index in [0.29, 0.717) is 16.0 Å². The van der Waals surface area contributed by atoms with E-state index in [0.717, 1.165) is 5.69 Å². The minimum Gasteiger partial charge on any atom is -0.325 e. The summed E-state index contributed by atoms with van der Waals surface area (Å²) in [5.41, 5.74) is 3.16. The fourth-order valence-electron chi connectivity index (χ4n) is 0.867. The Morgan fingerprint density at radius 2 is 2.07 bits per heavy atom. The van der Waals surface area contributed by atoms with Crippen LogP contribution in [-0.4, -0.2) is 13.0 Å². The number of guanidine groups is 1. The molecular formula is C8H10Cl2N4. The van der Waals surface area contributed by atoms with E-state index in [9.17, 15) is 0 Å². The van der Waals surface area contributed by atoms with Gasteiger partial charge in [-0.3, -0.25) is 10.4 Å². The molecule has 0 spiro atoms. The lowest BCUT2D eigenvalue weighted by atomic mass is 10.3. The van der Waals surface area contributed by atoms with Crippen molar-refractivity contribution in [2.75, 3.05) is 12.4 Å². The van der Waals surface area contributed by atoms with E-state index in [1.54, 1.807) is 25.2 Å². The van der Waals surface area contributed by atoms with Crippen LogP contribution in [0.5, 0.6) is 0 Å². The maximum absolute atomic E-state index is 5.82. The molecule has 0 saturated heterocycles. The van der Waals surface area contributed by atoms with Crippen molar-refractivity contribution in [1.82, 2.24) is 5.43 Å². The molecular weight excluding hydrogens is 223 g/mol. The Kier molecular flexibility index (Phi) is 4.00. The highest BCUT2D eigenvalue weighted by Crippen LogP contribution is 2.24. The van der Waals surface area contributed by atoms with E-state index in [1.807, 2.05) is 0 Å². The minimum atomic E-state index is 0.448. The Labute approximate surface area is 92.1 Å². The summed E-state index contributed by atoms with van der Waals surface area (Å²) in [6, 6.07) is 5.15. The third-order valence-electron chi connectivity index (χ3n) is 1.54. The molecule has 0 bridgehead atoms. The van der Waals surface area contributed by atoms with Crippen LogP contribution in [0.3, 0.4) is 0 Å². The highest BCUT2D eigenvalue weighted by Gasteiger charge is 2.00. The number of nitrogens with two attached hydrogens (primary N) is 1. The molecule has 4 nitrogen and oxygen atoms in total. The first-order valence-corrected chi connectivity index (χ1v) is 4.58. The Morgan fingerprint density at radius 3 is 2.57 bits per heavy atom. The number of anilines is 1. The number of halogens is 2. The van der Waals surface area contributed by atoms with E-state index in [4.69, 9.17) is 29.0 Å². The van der Waals surface area contributed by atoms with Crippen LogP contribution in [0.15, 0.2) is 23.2 Å². The maximum atomic E-state index is 5.82. The molecule has 0 atom stereocenters. The second kappa shape index (κ2) is 5.05. The highest BCUT2D eigenvalue weighted by molar-refractivity contribution is 6.42. The molecule has 0 saturated carbocycles. The second-order valence-electron chi connectivity index (χ2n) is 2.47. The fourth-order valence-corrected chi connectivity index (χ4v) is 1.17. The van der Waals surface area contributed by atoms with Gasteiger partial charge in [0.2, 0.25) is 5.96 Å². The summed E-state index contributed by atoms with van der Waals surface area (Å²) in [6.45, 7) is 0. The van der Waals surface area contributed by atoms with Crippen molar-refractivity contribution in [2.45, 2.75) is 0 Å². The third-order valence-corrected chi connectivity index (χ3v) is 2.28. The number of rotatable bonds is 1. The van der Waals surface area contributed by atoms with Gasteiger partial charge in [0.05, 0.1) is 10.0 Å². The number of nitrogens with zero attached hydrogens (tertiary/aromatic N) is 1. The van der Waals surface area contributed by atoms with Gasteiger partial charge in [0, 0.05) is 12.7 Å². The van der Waals surface area contributed by atoms with Gasteiger partial charge in [-0.05, 0) is 18.2 Å². The summed E-state index contributed by atoms with van der Waals surface area (Å²) in [4.78, 5) is 3.85. The summed E-state index contributed by atoms with van der Waals surface area (Å²) < 4.78 is 0. The standard InChI is InChI=1S/C8H10Cl2N4/c1-12-8(14-11)13-5-2-3-6(9)7(10)4-5/h2-4H,11H2,1H3,(H2,12,13,14). The molecule has 14 heavy (non-hydrogen) atoms. The van der Waals surface area contributed by atoms with Crippen molar-refractivity contribution in [3.05, 3.63) is 28.2 Å². The Morgan fingerprint density at radius 1 is 1.36 bits per heavy atom. The summed E-state index contributed by atoms with van der Waals surface area (Å²) in [5.74, 6) is 5.64. The zero-order chi connectivity index (χ0) is 10.6. The molecule has 0 heterocycles. The van der Waals surface area contributed by atoms with Crippen molar-refractivity contribution in [3.63, 3.8) is 0 Å². The number of nitrogens with one attached hydrogen (secondary N) is 2. The van der Waals surface area contributed by atoms with Crippen LogP contribution < -0.4 is 16.6 Å². The van der Waals surface area contributed by atoms with Crippen molar-refractivity contribution in [3.8, 4) is 0 Å². The lowest BCUT2D eigenvalue weighted by molar-refractivity contribution is 1.01. The van der Waals surface area contributed by atoms with Crippen molar-refractivity contribution >= 4 is 34.8 Å². The number of hydrogen-bond acceptors (Lipinski definition) is 2. The summed E-state index contributed by atoms with van der Waals surface area (Å²) in [6.07, 6.45) is 0. The Balaban J connectivity index is 2.82. The lowest BCUT2D eigenvalue weighted by Crippen LogP contribution is -2.36. The smallest absolute Gasteiger partial charge is 0.209 e. The van der Waals surface area contributed by atoms with E-state index < -0.39 is 0 Å². The summed E-state index contributed by atoms with van der Waals surface area (Å²) in [5, 5.41) is 3.90. The molecule has 0 fully saturated rings. The molecule has 1 rings (SSSR count). The van der Waals surface area contributed by atoms with Gasteiger partial charge in [0.15, 0.2) is 0 Å². The molecule has 0 aromatic heterocycles. The summed E-state index contributed by atoms with van der Waals surface area (Å²) in [7, 11) is 1.61. The number of hydrogen-bond donors (Lipinski definition) is 3. The van der Waals surface area contributed by atoms with Gasteiger partial charge in [-0.15, -0.1) is 0 Å². The third kappa shape index (κ3) is 2.77. The fraction of sp³-hybridized carbons (Fsp3) is 0.125. The minimum absolute atomic E-state index is 0.448. The van der Waals surface area contributed by atoms with Gasteiger partial charge >= 0.3 is 0 Å². The van der Waals surface area contributed by atoms with Crippen LogP contribution in [-0.2, 0) is 0 Å². The molecule has 0 aliphatic carbocycles. The molecule has 4 N–H and O–H groups in total. The van der Waals surface area contributed by atoms with Gasteiger partial charge in [-0.25, -0.2) is 5.84 Å². The first kappa shape index (κ1) is 11.1. The molecule has 76 valence electrons. The maximum Gasteiger partial charge on any atom is 0.209 e. The molecule has 1 aromatic rings. The lowest BCUT2D eigenvalue weighted by Gasteiger charge is -2.08. The van der Waals surface area contributed by atoms with E-state index in [-0.39, 0.29) is 0 Å². The number of hydrazine groups is 1. The Bertz CT molecular complexity index is 351. The monoisotopic (exact) mass is 232 g/mol. The second-order valence-corrected chi connectivity index (χ2v) is 3.28. The van der Waals surface area contributed by atoms with Crippen LogP contribution in [0.1, 0.15) is 0 Å². The molecule has 0 amide bonds. The quantitative estimate of drug-likeness (QED) is 0.300. The van der Waals surface area contributed by atoms with Crippen LogP contribution in [0.4, 0.5) is 5.69 Å². The Hall–Kier alpha value is -0.970. The van der Waals surface area contributed by atoms with Crippen molar-refractivity contribution < 1.29 is 0 Å². The van der Waals surface area contributed by atoms with Crippen molar-refractivity contribution in [1.29, 1.82) is 0 Å². The van der Waals surface area contributed by atoms with Gasteiger partial charge in [-0.2, -0.15) is 0 Å². The molecule has 0 aliphatic rings. The molecule has 6 heteroatoms. The normalized spacial score (nSPS) is 11.3. The zero-order valence-corrected chi connectivity index (χ0v) is 9.02. The number of benzene rings is 1. The molecule has 0 unspecified atom stereocenters. The van der Waals surface area contributed by atoms with Gasteiger partial charge in [0.25, 0.3) is 0 Å². The van der Waals surface area contributed by atoms with Gasteiger partial charge < -0.3 is 5.32 Å². The topological polar surface area (TPSA) is 62.4 Å². The van der Waals surface area contributed by atoms with E-state index in [2.05, 4.69) is 15.7 Å². The number of aliphatic imine (C=N–C) groups is 1. The van der Waals surface area contributed by atoms with Crippen LogP contribution in [0.2, 0.25) is 10.0 Å². The molecule has 1 aromatic carbocycles. The summed E-state index contributed by atoms with van der Waals surface area (Å²) >= 11 is 11.6. The zero-order valence-electron chi connectivity index (χ0n) is 7.51. The average Bonchev–Trinajstić information content (AvgIpc) is 2.19. The first-order valence-electron chi connectivity index (χ1n) is 3.83. The van der Waals surface area contributed by atoms with Gasteiger partial charge in [-0.1, -0.05) is 23.2 Å². The first-order chi connectivity index (χ1) is 6.67. The average molecular weight is 233 g/mol. The van der Waals surface area contributed by atoms with E-state index >= 15 is 0 Å².